The van der Waals surface area contributed by atoms with Crippen molar-refractivity contribution >= 4 is 53.8 Å². The number of aryl methyl sites for hydroxylation is 1. The summed E-state index contributed by atoms with van der Waals surface area (Å²) in [7, 11) is 4.33. The normalized spacial score (nSPS) is 13.6. The topological polar surface area (TPSA) is 166 Å². The van der Waals surface area contributed by atoms with Gasteiger partial charge in [0.25, 0.3) is 12.4 Å². The summed E-state index contributed by atoms with van der Waals surface area (Å²) in [6, 6.07) is 14.1. The maximum Gasteiger partial charge on any atom is 0.292 e. The smallest absolute Gasteiger partial charge is 0.292 e. The molecule has 1 amide bonds. The highest BCUT2D eigenvalue weighted by molar-refractivity contribution is 7.89. The van der Waals surface area contributed by atoms with Crippen molar-refractivity contribution in [3.05, 3.63) is 117 Å². The number of rotatable bonds is 20. The lowest BCUT2D eigenvalue weighted by Crippen LogP contribution is -2.27. The highest BCUT2D eigenvalue weighted by atomic mass is 32.2. The lowest BCUT2D eigenvalue weighted by molar-refractivity contribution is -0.126. The number of hydrogen-bond acceptors (Lipinski definition) is 11. The van der Waals surface area contributed by atoms with Crippen molar-refractivity contribution in [2.45, 2.75) is 122 Å². The Labute approximate surface area is 403 Å². The van der Waals surface area contributed by atoms with E-state index in [9.17, 15) is 18.0 Å². The second kappa shape index (κ2) is 41.8. The Bertz CT molecular complexity index is 1880. The summed E-state index contributed by atoms with van der Waals surface area (Å²) >= 11 is 4.68. The van der Waals surface area contributed by atoms with Crippen molar-refractivity contribution in [1.82, 2.24) is 10.0 Å². The molecule has 2 aliphatic rings. The molecule has 14 heteroatoms. The third-order valence-electron chi connectivity index (χ3n) is 9.98. The van der Waals surface area contributed by atoms with E-state index in [-0.39, 0.29) is 17.3 Å². The van der Waals surface area contributed by atoms with Crippen molar-refractivity contribution < 1.29 is 41.8 Å². The van der Waals surface area contributed by atoms with E-state index in [0.29, 0.717) is 31.3 Å². The lowest BCUT2D eigenvalue weighted by Gasteiger charge is -2.15. The molecule has 1 fully saturated rings. The molecule has 370 valence electrons. The van der Waals surface area contributed by atoms with Crippen molar-refractivity contribution in [2.75, 3.05) is 54.0 Å². The van der Waals surface area contributed by atoms with Crippen LogP contribution in [0.1, 0.15) is 127 Å². The van der Waals surface area contributed by atoms with Crippen LogP contribution >= 0.6 is 12.6 Å². The van der Waals surface area contributed by atoms with E-state index in [0.717, 1.165) is 73.5 Å². The summed E-state index contributed by atoms with van der Waals surface area (Å²) in [4.78, 5) is 41.7. The Balaban J connectivity index is 0. The number of amides is 1. The molecule has 0 radical (unpaired) electrons. The van der Waals surface area contributed by atoms with Crippen LogP contribution in [0, 0.1) is 5.92 Å². The molecule has 4 rings (SSSR count). The molecule has 0 saturated heterocycles. The molecule has 2 aromatic rings. The first kappa shape index (κ1) is 63.5. The minimum Gasteiger partial charge on any atom is -0.471 e. The van der Waals surface area contributed by atoms with Crippen molar-refractivity contribution in [3.8, 4) is 0 Å². The Morgan fingerprint density at radius 3 is 2.12 bits per heavy atom. The number of anilines is 1. The Hall–Kier alpha value is -4.60. The molecule has 0 bridgehead atoms. The Morgan fingerprint density at radius 2 is 1.59 bits per heavy atom. The van der Waals surface area contributed by atoms with Crippen LogP contribution in [0.15, 0.2) is 111 Å². The molecule has 0 heterocycles. The van der Waals surface area contributed by atoms with Gasteiger partial charge in [-0.2, -0.15) is 0 Å². The zero-order valence-electron chi connectivity index (χ0n) is 41.3. The van der Waals surface area contributed by atoms with Crippen LogP contribution in [0.4, 0.5) is 5.69 Å². The fraction of sp³-hybridized carbons (Fsp3) is 0.500. The fourth-order valence-electron chi connectivity index (χ4n) is 6.40. The molecule has 0 aliphatic heterocycles. The number of thiol groups is 1. The second-order valence-corrected chi connectivity index (χ2v) is 17.9. The van der Waals surface area contributed by atoms with Crippen LogP contribution in [-0.4, -0.2) is 82.5 Å². The van der Waals surface area contributed by atoms with Gasteiger partial charge < -0.3 is 29.6 Å². The Kier molecular flexibility index (Phi) is 40.2. The van der Waals surface area contributed by atoms with Crippen LogP contribution in [0.3, 0.4) is 0 Å². The van der Waals surface area contributed by atoms with Crippen LogP contribution in [0.5, 0.6) is 0 Å². The zero-order valence-corrected chi connectivity index (χ0v) is 43.0. The number of benzene rings is 2. The van der Waals surface area contributed by atoms with Gasteiger partial charge >= 0.3 is 0 Å². The SMILES string of the molecule is C=O.CC1CCCCC1.CCCC/C(C/C(=C/NC)C(=O)Nc1ccc(CCCC2=CC=C(C)CC=C2)cc1)=C(/S)CC.COC.COC=O.COCCNS(=O)(=O)c1cccc(C=O)c1. The summed E-state index contributed by atoms with van der Waals surface area (Å²) in [5.74, 6) is 0.970. The predicted molar refractivity (Wildman–Crippen MR) is 275 cm³/mol. The van der Waals surface area contributed by atoms with Crippen LogP contribution in [0.25, 0.3) is 0 Å². The van der Waals surface area contributed by atoms with E-state index in [2.05, 4.69) is 102 Å². The maximum absolute atomic E-state index is 13.0. The number of sulfonamides is 1. The summed E-state index contributed by atoms with van der Waals surface area (Å²) in [5, 5.41) is 6.11. The van der Waals surface area contributed by atoms with Crippen LogP contribution < -0.4 is 15.4 Å². The molecule has 2 aromatic carbocycles. The van der Waals surface area contributed by atoms with E-state index >= 15 is 0 Å². The average Bonchev–Trinajstić information content (AvgIpc) is 3.55. The van der Waals surface area contributed by atoms with Gasteiger partial charge in [-0.1, -0.05) is 119 Å². The summed E-state index contributed by atoms with van der Waals surface area (Å²) in [6.45, 7) is 11.7. The highest BCUT2D eigenvalue weighted by Crippen LogP contribution is 2.26. The lowest BCUT2D eigenvalue weighted by atomic mass is 9.91. The molecule has 1 saturated carbocycles. The molecule has 0 unspecified atom stereocenters. The van der Waals surface area contributed by atoms with E-state index < -0.39 is 10.0 Å². The molecule has 0 aromatic heterocycles. The number of ether oxygens (including phenoxy) is 3. The molecular weight excluding hydrogens is 875 g/mol. The Morgan fingerprint density at radius 1 is 0.939 bits per heavy atom. The number of hydrogen-bond donors (Lipinski definition) is 4. The molecule has 12 nitrogen and oxygen atoms in total. The van der Waals surface area contributed by atoms with Crippen LogP contribution in [-0.2, 0) is 45.0 Å². The first-order chi connectivity index (χ1) is 31.8. The van der Waals surface area contributed by atoms with E-state index in [1.807, 2.05) is 26.0 Å². The van der Waals surface area contributed by atoms with Gasteiger partial charge in [-0.3, -0.25) is 14.4 Å². The molecule has 0 atom stereocenters. The number of nitrogens with one attached hydrogen (secondary N) is 3. The van der Waals surface area contributed by atoms with Gasteiger partial charge in [0.1, 0.15) is 13.1 Å². The maximum atomic E-state index is 13.0. The quantitative estimate of drug-likeness (QED) is 0.0434. The minimum absolute atomic E-state index is 0.0660. The minimum atomic E-state index is -3.55. The van der Waals surface area contributed by atoms with Gasteiger partial charge in [0.2, 0.25) is 10.0 Å². The molecule has 66 heavy (non-hydrogen) atoms. The summed E-state index contributed by atoms with van der Waals surface area (Å²) in [5.41, 5.74) is 7.23. The molecule has 2 aliphatic carbocycles. The standard InChI is InChI=1S/C30H42N2OS.C10H13NO4S.C7H14.C2H4O2.C2H6O.CH2O/c1-5-7-14-26(29(34)6-2)21-27(22-31-4)30(33)32-28-19-17-25(18-20-28)13-9-12-24-11-8-10-23(3)15-16-24;1-15-6-5-11-16(13,14)10-4-2-3-9(7-10)8-12;1-7-5-3-2-4-6-7;1-4-2-3;1-3-2;1-2/h8,11,15-20,22,31,34H,5-7,9-10,12-14,21H2,1-4H3,(H,32,33);2-4,7-8,11H,5-6H2,1H3;7H,2-6H2,1H3;2H,1H3;1-2H3;1H2/b27-22-,29-26-;;;;;. The number of carbonyl (C=O) groups is 4. The molecule has 3 N–H and O–H groups in total. The first-order valence-corrected chi connectivity index (χ1v) is 24.6. The van der Waals surface area contributed by atoms with Gasteiger partial charge in [-0.05, 0) is 98.1 Å². The van der Waals surface area contributed by atoms with Crippen LogP contribution in [0.2, 0.25) is 0 Å². The van der Waals surface area contributed by atoms with Gasteiger partial charge in [0, 0.05) is 64.4 Å². The number of allylic oxidation sites excluding steroid dienone is 8. The van der Waals surface area contributed by atoms with E-state index in [4.69, 9.17) is 14.3 Å². The van der Waals surface area contributed by atoms with Gasteiger partial charge in [0.15, 0.2) is 0 Å². The van der Waals surface area contributed by atoms with E-state index in [1.54, 1.807) is 26.5 Å². The number of aldehydes is 1. The highest BCUT2D eigenvalue weighted by Gasteiger charge is 2.15. The molecular formula is C52H81N3O9S2. The fourth-order valence-corrected chi connectivity index (χ4v) is 7.66. The van der Waals surface area contributed by atoms with Gasteiger partial charge in [-0.15, -0.1) is 12.6 Å². The van der Waals surface area contributed by atoms with Gasteiger partial charge in [-0.25, -0.2) is 13.1 Å². The third-order valence-corrected chi connectivity index (χ3v) is 12.1. The van der Waals surface area contributed by atoms with Crippen molar-refractivity contribution in [1.29, 1.82) is 0 Å². The van der Waals surface area contributed by atoms with Gasteiger partial charge in [0.05, 0.1) is 18.6 Å². The number of unbranched alkanes of at least 4 members (excludes halogenated alkanes) is 1. The zero-order chi connectivity index (χ0) is 50.0. The summed E-state index contributed by atoms with van der Waals surface area (Å²) < 4.78 is 38.6. The van der Waals surface area contributed by atoms with Crippen molar-refractivity contribution in [3.63, 3.8) is 0 Å². The second-order valence-electron chi connectivity index (χ2n) is 15.6. The third kappa shape index (κ3) is 31.3. The predicted octanol–water partition coefficient (Wildman–Crippen LogP) is 10.9. The first-order valence-electron chi connectivity index (χ1n) is 22.7. The average molecular weight is 956 g/mol. The largest absolute Gasteiger partial charge is 0.471 e. The number of carbonyl (C=O) groups excluding carboxylic acids is 4. The van der Waals surface area contributed by atoms with E-state index in [1.165, 1.54) is 86.8 Å². The molecule has 0 spiro atoms. The summed E-state index contributed by atoms with van der Waals surface area (Å²) in [6.07, 6.45) is 27.8. The monoisotopic (exact) mass is 956 g/mol. The number of methoxy groups -OCH3 is 3. The van der Waals surface area contributed by atoms with Crippen molar-refractivity contribution in [2.24, 2.45) is 5.92 Å².